The second kappa shape index (κ2) is 26.5. The quantitative estimate of drug-likeness (QED) is 0.0269. The largest absolute Gasteiger partial charge is 0.507 e. The van der Waals surface area contributed by atoms with Crippen LogP contribution in [0.5, 0.6) is 17.2 Å². The average Bonchev–Trinajstić information content (AvgIpc) is 1.70. The smallest absolute Gasteiger partial charge is 0.407 e. The van der Waals surface area contributed by atoms with Crippen molar-refractivity contribution in [1.29, 1.82) is 0 Å². The van der Waals surface area contributed by atoms with Crippen LogP contribution in [-0.2, 0) is 56.0 Å². The Hall–Kier alpha value is -8.30. The molecule has 1 saturated heterocycles. The van der Waals surface area contributed by atoms with Gasteiger partial charge in [-0.3, -0.25) is 43.3 Å². The van der Waals surface area contributed by atoms with Crippen LogP contribution in [0.3, 0.4) is 0 Å². The standard InChI is InChI=1S/C56H67N7O19/c1-27(2)46(62-38(66)13-6-5-7-21-63-39(67)18-19-40(63)68)53(75)60-33(11-9-20-58-54(57)76)52(74)59-30-16-14-29(15-17-30)26-80-55(77)61-34-22-41(81-28(3)47(34)69)82-36-24-56(78,37(65)25-64)23-32-43(36)51(73)45-44(49(32)71)48(70)31-10-8-12-35(79-4)42(31)50(45)72/h8,10,12,14-19,27-28,33-34,36,41,46-47,64,69,71,73,78H,5-7,9,11,13,20-26H2,1-4H3,(H,59,74)(H,60,75)(H,61,77)(H,62,66)(H3,57,58,76)/t28-,33-,34-,36-,41+,46-,47-,56-/m0/s1. The molecule has 0 spiro atoms. The fourth-order valence-corrected chi connectivity index (χ4v) is 10.3. The van der Waals surface area contributed by atoms with E-state index in [1.807, 2.05) is 0 Å². The molecule has 2 aliphatic carbocycles. The SMILES string of the molecule is COc1cccc2c1C(=O)c1c(O)c3c(c(O)c1C2=O)C[C@@](O)(C(=O)CO)C[C@@H]3O[C@@H]1C[C@H](NC(=O)OCc2ccc(NC(=O)[C@H](CCCNC(N)=O)NC(=O)[C@@H](NC(=O)CCCCCN3C(=O)C=CC3=O)C(C)C)cc2)[C@@H](O)[C@H](C)O1. The molecule has 0 unspecified atom stereocenters. The van der Waals surface area contributed by atoms with Gasteiger partial charge in [0.2, 0.25) is 23.5 Å². The molecule has 82 heavy (non-hydrogen) atoms. The second-order valence-corrected chi connectivity index (χ2v) is 20.8. The molecule has 3 aromatic carbocycles. The number of unbranched alkanes of at least 4 members (excludes halogenated alkanes) is 2. The Morgan fingerprint density at radius 1 is 0.878 bits per heavy atom. The number of Topliss-reactive ketones (excluding diaryl/α,β-unsaturated/α-hetero) is 1. The van der Waals surface area contributed by atoms with Crippen LogP contribution < -0.4 is 37.1 Å². The summed E-state index contributed by atoms with van der Waals surface area (Å²) in [6.45, 7) is 3.78. The van der Waals surface area contributed by atoms with Gasteiger partial charge < -0.3 is 76.8 Å². The molecule has 26 nitrogen and oxygen atoms in total. The first kappa shape index (κ1) is 61.3. The minimum atomic E-state index is -2.42. The number of hydrogen-bond acceptors (Lipinski definition) is 19. The van der Waals surface area contributed by atoms with Crippen LogP contribution in [0.2, 0.25) is 0 Å². The Kier molecular flexibility index (Phi) is 19.8. The van der Waals surface area contributed by atoms with Gasteiger partial charge in [0.05, 0.1) is 42.0 Å². The minimum Gasteiger partial charge on any atom is -0.507 e. The molecule has 0 radical (unpaired) electrons. The van der Waals surface area contributed by atoms with Crippen LogP contribution >= 0.6 is 0 Å². The van der Waals surface area contributed by atoms with Crippen molar-refractivity contribution in [1.82, 2.24) is 26.2 Å². The number of carbonyl (C=O) groups is 10. The Balaban J connectivity index is 0.959. The number of rotatable bonds is 24. The van der Waals surface area contributed by atoms with Crippen molar-refractivity contribution >= 4 is 64.7 Å². The van der Waals surface area contributed by atoms with Crippen molar-refractivity contribution in [3.8, 4) is 17.2 Å². The van der Waals surface area contributed by atoms with Crippen LogP contribution in [0.1, 0.15) is 127 Å². The number of benzene rings is 3. The van der Waals surface area contributed by atoms with Crippen LogP contribution in [0.25, 0.3) is 0 Å². The van der Waals surface area contributed by atoms with Crippen molar-refractivity contribution in [3.05, 3.63) is 93.6 Å². The van der Waals surface area contributed by atoms with E-state index in [0.29, 0.717) is 24.8 Å². The van der Waals surface area contributed by atoms with Gasteiger partial charge in [0, 0.05) is 73.3 Å². The number of nitrogens with zero attached hydrogens (tertiary/aromatic N) is 1. The normalized spacial score (nSPS) is 21.6. The van der Waals surface area contributed by atoms with E-state index in [9.17, 15) is 73.5 Å². The number of ketones is 3. The molecule has 0 bridgehead atoms. The summed E-state index contributed by atoms with van der Waals surface area (Å²) in [5, 5.41) is 69.4. The highest BCUT2D eigenvalue weighted by molar-refractivity contribution is 6.31. The number of methoxy groups -OCH3 is 1. The molecule has 4 aliphatic rings. The molecule has 26 heteroatoms. The second-order valence-electron chi connectivity index (χ2n) is 20.8. The van der Waals surface area contributed by atoms with Crippen molar-refractivity contribution in [3.63, 3.8) is 0 Å². The Bertz CT molecular complexity index is 3020. The van der Waals surface area contributed by atoms with Gasteiger partial charge in [-0.05, 0) is 62.3 Å². The number of amides is 8. The van der Waals surface area contributed by atoms with Gasteiger partial charge in [-0.15, -0.1) is 0 Å². The Morgan fingerprint density at radius 3 is 2.23 bits per heavy atom. The molecular weight excluding hydrogens is 1070 g/mol. The lowest BCUT2D eigenvalue weighted by Gasteiger charge is -2.42. The number of ether oxygens (including phenoxy) is 4. The summed E-state index contributed by atoms with van der Waals surface area (Å²) in [5.41, 5.74) is 1.50. The summed E-state index contributed by atoms with van der Waals surface area (Å²) in [5.74, 6) is -7.22. The maximum absolute atomic E-state index is 14.1. The van der Waals surface area contributed by atoms with E-state index in [0.717, 1.165) is 4.90 Å². The molecule has 440 valence electrons. The van der Waals surface area contributed by atoms with Gasteiger partial charge in [-0.2, -0.15) is 0 Å². The van der Waals surface area contributed by atoms with Gasteiger partial charge in [0.1, 0.15) is 54.3 Å². The van der Waals surface area contributed by atoms with Crippen LogP contribution in [0.4, 0.5) is 15.3 Å². The highest BCUT2D eigenvalue weighted by Gasteiger charge is 2.50. The van der Waals surface area contributed by atoms with Gasteiger partial charge in [-0.25, -0.2) is 9.59 Å². The van der Waals surface area contributed by atoms with Gasteiger partial charge in [0.15, 0.2) is 17.9 Å². The number of aliphatic hydroxyl groups excluding tert-OH is 2. The number of phenolic OH excluding ortho intramolecular Hbond substituents is 2. The van der Waals surface area contributed by atoms with E-state index in [1.165, 1.54) is 56.5 Å². The van der Waals surface area contributed by atoms with Crippen molar-refractivity contribution in [2.75, 3.05) is 32.1 Å². The number of phenols is 2. The number of alkyl carbamates (subject to hydrolysis) is 1. The zero-order valence-corrected chi connectivity index (χ0v) is 45.5. The zero-order valence-electron chi connectivity index (χ0n) is 45.5. The number of aromatic hydroxyl groups is 2. The first-order valence-corrected chi connectivity index (χ1v) is 26.7. The molecule has 8 atom stereocenters. The van der Waals surface area contributed by atoms with Crippen molar-refractivity contribution in [2.24, 2.45) is 11.7 Å². The number of carbonyl (C=O) groups excluding carboxylic acids is 10. The summed E-state index contributed by atoms with van der Waals surface area (Å²) >= 11 is 0. The lowest BCUT2D eigenvalue weighted by molar-refractivity contribution is -0.249. The molecule has 0 saturated carbocycles. The van der Waals surface area contributed by atoms with E-state index in [4.69, 9.17) is 24.7 Å². The lowest BCUT2D eigenvalue weighted by atomic mass is 9.72. The molecule has 12 N–H and O–H groups in total. The van der Waals surface area contributed by atoms with Crippen LogP contribution in [-0.4, -0.2) is 158 Å². The van der Waals surface area contributed by atoms with Crippen LogP contribution in [0, 0.1) is 5.92 Å². The number of hydrogen-bond donors (Lipinski definition) is 11. The number of urea groups is 1. The van der Waals surface area contributed by atoms with Crippen molar-refractivity contribution in [2.45, 2.75) is 133 Å². The lowest BCUT2D eigenvalue weighted by Crippen LogP contribution is -2.56. The molecule has 0 aromatic heterocycles. The number of anilines is 1. The van der Waals surface area contributed by atoms with Gasteiger partial charge in [-0.1, -0.05) is 44.5 Å². The van der Waals surface area contributed by atoms with Gasteiger partial charge in [0.25, 0.3) is 11.8 Å². The van der Waals surface area contributed by atoms with E-state index in [1.54, 1.807) is 26.0 Å². The highest BCUT2D eigenvalue weighted by atomic mass is 16.7. The Labute approximate surface area is 470 Å². The number of imide groups is 1. The number of nitrogens with one attached hydrogen (secondary N) is 5. The zero-order chi connectivity index (χ0) is 59.7. The Morgan fingerprint density at radius 2 is 1.57 bits per heavy atom. The maximum Gasteiger partial charge on any atom is 0.407 e. The predicted molar refractivity (Wildman–Crippen MR) is 286 cm³/mol. The summed E-state index contributed by atoms with van der Waals surface area (Å²) in [6.07, 6.45) is -3.74. The molecule has 2 aliphatic heterocycles. The number of aliphatic hydroxyl groups is 3. The van der Waals surface area contributed by atoms with Gasteiger partial charge >= 0.3 is 12.1 Å². The maximum atomic E-state index is 14.1. The fraction of sp³-hybridized carbons (Fsp3) is 0.464. The molecule has 3 aromatic rings. The third-order valence-electron chi connectivity index (χ3n) is 14.7. The summed E-state index contributed by atoms with van der Waals surface area (Å²) in [6, 6.07) is 6.27. The molecule has 2 heterocycles. The number of nitrogens with two attached hydrogens (primary N) is 1. The molecule has 8 amide bonds. The molecule has 1 fully saturated rings. The van der Waals surface area contributed by atoms with Crippen LogP contribution in [0.15, 0.2) is 54.6 Å². The van der Waals surface area contributed by atoms with E-state index < -0.39 is 144 Å². The summed E-state index contributed by atoms with van der Waals surface area (Å²) in [4.78, 5) is 131. The molecular formula is C56H67N7O19. The third kappa shape index (κ3) is 13.9. The van der Waals surface area contributed by atoms with E-state index >= 15 is 0 Å². The topological polar surface area (TPSA) is 398 Å². The van der Waals surface area contributed by atoms with E-state index in [-0.39, 0.29) is 90.9 Å². The summed E-state index contributed by atoms with van der Waals surface area (Å²) < 4.78 is 23.0. The van der Waals surface area contributed by atoms with E-state index in [2.05, 4.69) is 26.6 Å². The highest BCUT2D eigenvalue weighted by Crippen LogP contribution is 2.52. The summed E-state index contributed by atoms with van der Waals surface area (Å²) in [7, 11) is 1.28. The minimum absolute atomic E-state index is 0.0191. The fourth-order valence-electron chi connectivity index (χ4n) is 10.3. The first-order chi connectivity index (χ1) is 39.0. The third-order valence-corrected chi connectivity index (χ3v) is 14.7. The first-order valence-electron chi connectivity index (χ1n) is 26.7. The van der Waals surface area contributed by atoms with Crippen molar-refractivity contribution < 1.29 is 92.4 Å². The monoisotopic (exact) mass is 1140 g/mol. The average molecular weight is 1140 g/mol. The molecule has 7 rings (SSSR count). The number of fused-ring (bicyclic) bond motifs is 3. The number of primary amides is 1. The predicted octanol–water partition coefficient (Wildman–Crippen LogP) is 1.47.